The molecule has 7 heteroatoms. The second-order valence-corrected chi connectivity index (χ2v) is 6.69. The number of hydrogen-bond acceptors (Lipinski definition) is 5. The Hall–Kier alpha value is -2.93. The van der Waals surface area contributed by atoms with Crippen molar-refractivity contribution in [2.75, 3.05) is 38.8 Å². The van der Waals surface area contributed by atoms with E-state index in [1.165, 1.54) is 7.11 Å². The summed E-state index contributed by atoms with van der Waals surface area (Å²) in [4.78, 5) is 16.5. The normalized spacial score (nSPS) is 14.3. The van der Waals surface area contributed by atoms with E-state index in [0.717, 1.165) is 17.5 Å². The van der Waals surface area contributed by atoms with Crippen LogP contribution in [0, 0.1) is 0 Å². The summed E-state index contributed by atoms with van der Waals surface area (Å²) < 4.78 is 10.6. The van der Waals surface area contributed by atoms with Gasteiger partial charge in [0.1, 0.15) is 5.75 Å². The number of amides is 2. The average molecular weight is 386 g/mol. The van der Waals surface area contributed by atoms with Gasteiger partial charge < -0.3 is 24.6 Å². The molecule has 2 aromatic carbocycles. The van der Waals surface area contributed by atoms with Gasteiger partial charge >= 0.3 is 6.03 Å². The van der Waals surface area contributed by atoms with Gasteiger partial charge in [-0.15, -0.1) is 0 Å². The lowest BCUT2D eigenvalue weighted by Crippen LogP contribution is -2.49. The van der Waals surface area contributed by atoms with E-state index in [9.17, 15) is 9.90 Å². The molecular formula is C21H26N2O5. The average Bonchev–Trinajstić information content (AvgIpc) is 2.70. The zero-order valence-electron chi connectivity index (χ0n) is 16.2. The molecule has 1 heterocycles. The Labute approximate surface area is 164 Å². The number of aliphatic hydroxyl groups excluding tert-OH is 1. The minimum Gasteiger partial charge on any atom is -0.504 e. The van der Waals surface area contributed by atoms with Crippen molar-refractivity contribution in [2.24, 2.45) is 0 Å². The SMILES string of the molecule is COc1ccc(N2CCCN(Cc3ccc(CCO)cc3OC)C2=O)cc1O. The van der Waals surface area contributed by atoms with Crippen LogP contribution in [0.2, 0.25) is 0 Å². The molecule has 0 atom stereocenters. The van der Waals surface area contributed by atoms with E-state index in [2.05, 4.69) is 0 Å². The fourth-order valence-corrected chi connectivity index (χ4v) is 3.42. The highest BCUT2D eigenvalue weighted by Crippen LogP contribution is 2.32. The second kappa shape index (κ2) is 8.84. The number of methoxy groups -OCH3 is 2. The lowest BCUT2D eigenvalue weighted by atomic mass is 10.1. The smallest absolute Gasteiger partial charge is 0.324 e. The molecule has 0 bridgehead atoms. The highest BCUT2D eigenvalue weighted by Gasteiger charge is 2.28. The molecule has 1 fully saturated rings. The number of aromatic hydroxyl groups is 1. The van der Waals surface area contributed by atoms with Crippen molar-refractivity contribution < 1.29 is 24.5 Å². The van der Waals surface area contributed by atoms with Gasteiger partial charge in [0.2, 0.25) is 0 Å². The Morgan fingerprint density at radius 2 is 1.82 bits per heavy atom. The highest BCUT2D eigenvalue weighted by molar-refractivity contribution is 5.93. The number of phenolic OH excluding ortho intramolecular Hbond substituents is 1. The van der Waals surface area contributed by atoms with Crippen molar-refractivity contribution >= 4 is 11.7 Å². The molecule has 2 amide bonds. The Kier molecular flexibility index (Phi) is 6.26. The quantitative estimate of drug-likeness (QED) is 0.765. The summed E-state index contributed by atoms with van der Waals surface area (Å²) in [7, 11) is 3.09. The van der Waals surface area contributed by atoms with Gasteiger partial charge in [-0.3, -0.25) is 4.90 Å². The maximum atomic E-state index is 13.0. The molecule has 0 saturated carbocycles. The first-order valence-electron chi connectivity index (χ1n) is 9.27. The number of nitrogens with zero attached hydrogens (tertiary/aromatic N) is 2. The Balaban J connectivity index is 1.78. The van der Waals surface area contributed by atoms with Crippen molar-refractivity contribution in [2.45, 2.75) is 19.4 Å². The topological polar surface area (TPSA) is 82.5 Å². The molecule has 150 valence electrons. The fourth-order valence-electron chi connectivity index (χ4n) is 3.42. The molecule has 0 aliphatic carbocycles. The zero-order valence-corrected chi connectivity index (χ0v) is 16.2. The Bertz CT molecular complexity index is 840. The number of urea groups is 1. The lowest BCUT2D eigenvalue weighted by Gasteiger charge is -2.36. The van der Waals surface area contributed by atoms with Crippen LogP contribution in [0.3, 0.4) is 0 Å². The molecule has 1 saturated heterocycles. The minimum absolute atomic E-state index is 0.00562. The van der Waals surface area contributed by atoms with E-state index in [-0.39, 0.29) is 18.4 Å². The number of aliphatic hydroxyl groups is 1. The second-order valence-electron chi connectivity index (χ2n) is 6.69. The number of anilines is 1. The van der Waals surface area contributed by atoms with Gasteiger partial charge in [0.15, 0.2) is 11.5 Å². The van der Waals surface area contributed by atoms with Gasteiger partial charge in [0.05, 0.1) is 20.8 Å². The molecule has 0 aromatic heterocycles. The minimum atomic E-state index is -0.114. The molecule has 0 spiro atoms. The molecule has 1 aliphatic heterocycles. The summed E-state index contributed by atoms with van der Waals surface area (Å²) >= 11 is 0. The van der Waals surface area contributed by atoms with Crippen LogP contribution in [-0.4, -0.2) is 55.1 Å². The molecule has 0 unspecified atom stereocenters. The molecular weight excluding hydrogens is 360 g/mol. The molecule has 7 nitrogen and oxygen atoms in total. The number of benzene rings is 2. The monoisotopic (exact) mass is 386 g/mol. The van der Waals surface area contributed by atoms with E-state index < -0.39 is 0 Å². The molecule has 2 aromatic rings. The number of phenols is 1. The highest BCUT2D eigenvalue weighted by atomic mass is 16.5. The van der Waals surface area contributed by atoms with Crippen molar-refractivity contribution in [3.63, 3.8) is 0 Å². The van der Waals surface area contributed by atoms with Gasteiger partial charge in [-0.25, -0.2) is 4.79 Å². The van der Waals surface area contributed by atoms with E-state index >= 15 is 0 Å². The van der Waals surface area contributed by atoms with Gasteiger partial charge in [0, 0.05) is 37.0 Å². The molecule has 3 rings (SSSR count). The van der Waals surface area contributed by atoms with Crippen LogP contribution in [0.15, 0.2) is 36.4 Å². The Morgan fingerprint density at radius 3 is 2.50 bits per heavy atom. The Morgan fingerprint density at radius 1 is 1.04 bits per heavy atom. The predicted octanol–water partition coefficient (Wildman–Crippen LogP) is 2.78. The molecule has 1 aliphatic rings. The number of rotatable bonds is 7. The van der Waals surface area contributed by atoms with Crippen molar-refractivity contribution in [1.29, 1.82) is 0 Å². The third-order valence-corrected chi connectivity index (χ3v) is 4.90. The van der Waals surface area contributed by atoms with Crippen LogP contribution in [-0.2, 0) is 13.0 Å². The first kappa shape index (κ1) is 19.8. The standard InChI is InChI=1S/C21H26N2O5/c1-27-19-7-6-17(13-18(19)25)23-10-3-9-22(21(23)26)14-16-5-4-15(8-11-24)12-20(16)28-2/h4-7,12-13,24-25H,3,8-11,14H2,1-2H3. The third-order valence-electron chi connectivity index (χ3n) is 4.90. The van der Waals surface area contributed by atoms with E-state index in [0.29, 0.717) is 43.2 Å². The summed E-state index contributed by atoms with van der Waals surface area (Å²) in [5.74, 6) is 1.09. The van der Waals surface area contributed by atoms with Crippen LogP contribution in [0.4, 0.5) is 10.5 Å². The van der Waals surface area contributed by atoms with Gasteiger partial charge in [0.25, 0.3) is 0 Å². The van der Waals surface area contributed by atoms with E-state index in [4.69, 9.17) is 14.6 Å². The zero-order chi connectivity index (χ0) is 20.1. The first-order valence-corrected chi connectivity index (χ1v) is 9.27. The molecule has 0 radical (unpaired) electrons. The van der Waals surface area contributed by atoms with Gasteiger partial charge in [-0.05, 0) is 36.6 Å². The van der Waals surface area contributed by atoms with Crippen molar-refractivity contribution in [3.05, 3.63) is 47.5 Å². The predicted molar refractivity (Wildman–Crippen MR) is 106 cm³/mol. The lowest BCUT2D eigenvalue weighted by molar-refractivity contribution is 0.192. The van der Waals surface area contributed by atoms with Crippen LogP contribution in [0.1, 0.15) is 17.5 Å². The van der Waals surface area contributed by atoms with Crippen LogP contribution in [0.5, 0.6) is 17.2 Å². The van der Waals surface area contributed by atoms with Crippen LogP contribution < -0.4 is 14.4 Å². The summed E-state index contributed by atoms with van der Waals surface area (Å²) in [6.07, 6.45) is 1.39. The number of carbonyl (C=O) groups is 1. The largest absolute Gasteiger partial charge is 0.504 e. The van der Waals surface area contributed by atoms with E-state index in [1.807, 2.05) is 18.2 Å². The van der Waals surface area contributed by atoms with Crippen molar-refractivity contribution in [1.82, 2.24) is 4.90 Å². The summed E-state index contributed by atoms with van der Waals surface area (Å²) in [5, 5.41) is 19.1. The summed E-state index contributed by atoms with van der Waals surface area (Å²) in [6, 6.07) is 10.6. The maximum Gasteiger partial charge on any atom is 0.324 e. The van der Waals surface area contributed by atoms with E-state index in [1.54, 1.807) is 35.1 Å². The number of carbonyl (C=O) groups excluding carboxylic acids is 1. The maximum absolute atomic E-state index is 13.0. The molecule has 28 heavy (non-hydrogen) atoms. The number of ether oxygens (including phenoxy) is 2. The fraction of sp³-hybridized carbons (Fsp3) is 0.381. The third kappa shape index (κ3) is 4.14. The summed E-state index contributed by atoms with van der Waals surface area (Å²) in [6.45, 7) is 1.75. The summed E-state index contributed by atoms with van der Waals surface area (Å²) in [5.41, 5.74) is 2.54. The molecule has 2 N–H and O–H groups in total. The van der Waals surface area contributed by atoms with Crippen LogP contribution >= 0.6 is 0 Å². The van der Waals surface area contributed by atoms with Crippen LogP contribution in [0.25, 0.3) is 0 Å². The first-order chi connectivity index (χ1) is 13.6. The van der Waals surface area contributed by atoms with Crippen molar-refractivity contribution in [3.8, 4) is 17.2 Å². The number of hydrogen-bond donors (Lipinski definition) is 2. The van der Waals surface area contributed by atoms with Gasteiger partial charge in [-0.2, -0.15) is 0 Å². The van der Waals surface area contributed by atoms with Gasteiger partial charge in [-0.1, -0.05) is 12.1 Å².